The Labute approximate surface area is 155 Å². The standard InChI is InChI=1S/C20H16FN3O3/c1-12-9-14(10-13(2)18(12)25)7-8-17-22-11-23-19(24-17)20(26)27-16-6-4-3-5-15(16)21/h3-11,25H,1-2H3. The van der Waals surface area contributed by atoms with Gasteiger partial charge in [-0.25, -0.2) is 24.1 Å². The summed E-state index contributed by atoms with van der Waals surface area (Å²) in [5, 5.41) is 9.82. The molecule has 0 amide bonds. The van der Waals surface area contributed by atoms with E-state index in [2.05, 4.69) is 15.0 Å². The van der Waals surface area contributed by atoms with Gasteiger partial charge in [-0.15, -0.1) is 0 Å². The van der Waals surface area contributed by atoms with Crippen molar-refractivity contribution in [3.05, 3.63) is 76.9 Å². The summed E-state index contributed by atoms with van der Waals surface area (Å²) in [7, 11) is 0. The molecule has 0 atom stereocenters. The maximum absolute atomic E-state index is 13.6. The maximum atomic E-state index is 13.6. The number of aromatic nitrogens is 3. The van der Waals surface area contributed by atoms with Crippen LogP contribution in [0.25, 0.3) is 12.2 Å². The third-order valence-corrected chi connectivity index (χ3v) is 3.75. The molecule has 1 aromatic heterocycles. The van der Waals surface area contributed by atoms with E-state index >= 15 is 0 Å². The Kier molecular flexibility index (Phi) is 5.21. The molecule has 0 aliphatic carbocycles. The molecule has 3 aromatic rings. The Morgan fingerprint density at radius 3 is 2.52 bits per heavy atom. The number of aryl methyl sites for hydroxylation is 2. The van der Waals surface area contributed by atoms with Gasteiger partial charge < -0.3 is 9.84 Å². The van der Waals surface area contributed by atoms with Gasteiger partial charge in [0.1, 0.15) is 12.1 Å². The molecule has 0 aliphatic rings. The molecule has 0 radical (unpaired) electrons. The number of carbonyl (C=O) groups is 1. The van der Waals surface area contributed by atoms with Gasteiger partial charge in [-0.05, 0) is 60.9 Å². The molecule has 0 aliphatic heterocycles. The molecule has 27 heavy (non-hydrogen) atoms. The summed E-state index contributed by atoms with van der Waals surface area (Å²) in [6.45, 7) is 3.61. The Balaban J connectivity index is 1.79. The highest BCUT2D eigenvalue weighted by atomic mass is 19.1. The number of benzene rings is 2. The highest BCUT2D eigenvalue weighted by molar-refractivity contribution is 5.87. The van der Waals surface area contributed by atoms with E-state index in [9.17, 15) is 14.3 Å². The van der Waals surface area contributed by atoms with E-state index in [0.29, 0.717) is 0 Å². The van der Waals surface area contributed by atoms with Crippen molar-refractivity contribution in [2.75, 3.05) is 0 Å². The van der Waals surface area contributed by atoms with Crippen molar-refractivity contribution >= 4 is 18.1 Å². The first-order valence-electron chi connectivity index (χ1n) is 8.08. The van der Waals surface area contributed by atoms with Crippen LogP contribution in [0.5, 0.6) is 11.5 Å². The minimum absolute atomic E-state index is 0.199. The molecule has 0 fully saturated rings. The Morgan fingerprint density at radius 1 is 1.11 bits per heavy atom. The van der Waals surface area contributed by atoms with E-state index in [1.54, 1.807) is 32.1 Å². The Bertz CT molecular complexity index is 1010. The van der Waals surface area contributed by atoms with E-state index in [0.717, 1.165) is 16.7 Å². The predicted molar refractivity (Wildman–Crippen MR) is 97.7 cm³/mol. The first kappa shape index (κ1) is 18.2. The van der Waals surface area contributed by atoms with E-state index in [4.69, 9.17) is 4.74 Å². The van der Waals surface area contributed by atoms with Crippen LogP contribution in [0.2, 0.25) is 0 Å². The molecular formula is C20H16FN3O3. The van der Waals surface area contributed by atoms with E-state index < -0.39 is 11.8 Å². The van der Waals surface area contributed by atoms with Crippen LogP contribution in [0.15, 0.2) is 42.7 Å². The molecule has 0 spiro atoms. The van der Waals surface area contributed by atoms with Gasteiger partial charge in [0.05, 0.1) is 0 Å². The number of nitrogens with zero attached hydrogens (tertiary/aromatic N) is 3. The zero-order chi connectivity index (χ0) is 19.4. The second-order valence-electron chi connectivity index (χ2n) is 5.82. The highest BCUT2D eigenvalue weighted by Gasteiger charge is 2.15. The number of ether oxygens (including phenoxy) is 1. The Morgan fingerprint density at radius 2 is 1.81 bits per heavy atom. The van der Waals surface area contributed by atoms with Crippen molar-refractivity contribution in [1.82, 2.24) is 15.0 Å². The Hall–Kier alpha value is -3.61. The van der Waals surface area contributed by atoms with Gasteiger partial charge in [-0.2, -0.15) is 0 Å². The fraction of sp³-hybridized carbons (Fsp3) is 0.100. The fourth-order valence-electron chi connectivity index (χ4n) is 2.42. The maximum Gasteiger partial charge on any atom is 0.381 e. The molecule has 136 valence electrons. The molecule has 0 unspecified atom stereocenters. The lowest BCUT2D eigenvalue weighted by Crippen LogP contribution is -2.14. The number of rotatable bonds is 4. The van der Waals surface area contributed by atoms with Gasteiger partial charge in [-0.1, -0.05) is 18.2 Å². The summed E-state index contributed by atoms with van der Waals surface area (Å²) in [5.74, 6) is -1.47. The molecular weight excluding hydrogens is 349 g/mol. The summed E-state index contributed by atoms with van der Waals surface area (Å²) in [6, 6.07) is 9.19. The van der Waals surface area contributed by atoms with Crippen molar-refractivity contribution < 1.29 is 19.0 Å². The first-order chi connectivity index (χ1) is 12.9. The number of phenols is 1. The lowest BCUT2D eigenvalue weighted by molar-refractivity contribution is 0.0714. The van der Waals surface area contributed by atoms with Gasteiger partial charge >= 0.3 is 5.97 Å². The van der Waals surface area contributed by atoms with Crippen LogP contribution in [0, 0.1) is 19.7 Å². The smallest absolute Gasteiger partial charge is 0.381 e. The minimum Gasteiger partial charge on any atom is -0.507 e. The van der Waals surface area contributed by atoms with Crippen LogP contribution >= 0.6 is 0 Å². The summed E-state index contributed by atoms with van der Waals surface area (Å²) >= 11 is 0. The van der Waals surface area contributed by atoms with Gasteiger partial charge in [0, 0.05) is 0 Å². The molecule has 0 saturated carbocycles. The zero-order valence-electron chi connectivity index (χ0n) is 14.7. The third kappa shape index (κ3) is 4.33. The number of aromatic hydroxyl groups is 1. The molecule has 2 aromatic carbocycles. The average molecular weight is 365 g/mol. The number of hydrogen-bond acceptors (Lipinski definition) is 6. The van der Waals surface area contributed by atoms with E-state index in [1.807, 2.05) is 12.1 Å². The van der Waals surface area contributed by atoms with Crippen LogP contribution in [-0.2, 0) is 0 Å². The van der Waals surface area contributed by atoms with Crippen LogP contribution in [0.1, 0.15) is 33.1 Å². The number of phenolic OH excluding ortho intramolecular Hbond substituents is 1. The largest absolute Gasteiger partial charge is 0.507 e. The van der Waals surface area contributed by atoms with Gasteiger partial charge in [0.2, 0.25) is 5.82 Å². The SMILES string of the molecule is Cc1cc(C=Cc2ncnc(C(=O)Oc3ccccc3F)n2)cc(C)c1O. The van der Waals surface area contributed by atoms with E-state index in [-0.39, 0.29) is 23.1 Å². The van der Waals surface area contributed by atoms with Crippen molar-refractivity contribution in [2.24, 2.45) is 0 Å². The first-order valence-corrected chi connectivity index (χ1v) is 8.08. The van der Waals surface area contributed by atoms with Gasteiger partial charge in [0.25, 0.3) is 0 Å². The second-order valence-corrected chi connectivity index (χ2v) is 5.82. The number of carbonyl (C=O) groups excluding carboxylic acids is 1. The normalized spacial score (nSPS) is 10.9. The number of halogens is 1. The van der Waals surface area contributed by atoms with Gasteiger partial charge in [-0.3, -0.25) is 0 Å². The molecule has 0 bridgehead atoms. The topological polar surface area (TPSA) is 85.2 Å². The quantitative estimate of drug-likeness (QED) is 0.560. The minimum atomic E-state index is -0.881. The van der Waals surface area contributed by atoms with Crippen LogP contribution in [-0.4, -0.2) is 26.0 Å². The molecule has 1 N–H and O–H groups in total. The van der Waals surface area contributed by atoms with E-state index in [1.165, 1.54) is 24.5 Å². The zero-order valence-corrected chi connectivity index (χ0v) is 14.7. The summed E-state index contributed by atoms with van der Waals surface area (Å²) < 4.78 is 18.6. The average Bonchev–Trinajstić information content (AvgIpc) is 2.66. The monoisotopic (exact) mass is 365 g/mol. The highest BCUT2D eigenvalue weighted by Crippen LogP contribution is 2.23. The molecule has 6 nitrogen and oxygen atoms in total. The predicted octanol–water partition coefficient (Wildman–Crippen LogP) is 3.72. The molecule has 1 heterocycles. The van der Waals surface area contributed by atoms with Crippen LogP contribution < -0.4 is 4.74 Å². The van der Waals surface area contributed by atoms with Crippen molar-refractivity contribution in [3.63, 3.8) is 0 Å². The fourth-order valence-corrected chi connectivity index (χ4v) is 2.42. The van der Waals surface area contributed by atoms with Crippen LogP contribution in [0.3, 0.4) is 0 Å². The van der Waals surface area contributed by atoms with Crippen molar-refractivity contribution in [2.45, 2.75) is 13.8 Å². The summed E-state index contributed by atoms with van der Waals surface area (Å²) in [6.07, 6.45) is 4.53. The second kappa shape index (κ2) is 7.74. The summed E-state index contributed by atoms with van der Waals surface area (Å²) in [5.41, 5.74) is 2.34. The number of esters is 1. The summed E-state index contributed by atoms with van der Waals surface area (Å²) in [4.78, 5) is 23.9. The molecule has 7 heteroatoms. The molecule has 0 saturated heterocycles. The lowest BCUT2D eigenvalue weighted by atomic mass is 10.1. The third-order valence-electron chi connectivity index (χ3n) is 3.75. The van der Waals surface area contributed by atoms with Crippen molar-refractivity contribution in [3.8, 4) is 11.5 Å². The van der Waals surface area contributed by atoms with Crippen molar-refractivity contribution in [1.29, 1.82) is 0 Å². The van der Waals surface area contributed by atoms with Crippen LogP contribution in [0.4, 0.5) is 4.39 Å². The van der Waals surface area contributed by atoms with Gasteiger partial charge in [0.15, 0.2) is 17.4 Å². The molecule has 3 rings (SSSR count). The number of hydrogen-bond donors (Lipinski definition) is 1. The number of para-hydroxylation sites is 1. The lowest BCUT2D eigenvalue weighted by Gasteiger charge is -2.05.